The third kappa shape index (κ3) is 1.91. The van der Waals surface area contributed by atoms with Crippen LogP contribution in [0.3, 0.4) is 0 Å². The quantitative estimate of drug-likeness (QED) is 0.748. The summed E-state index contributed by atoms with van der Waals surface area (Å²) in [6, 6.07) is 1.72. The Kier molecular flexibility index (Phi) is 2.46. The lowest BCUT2D eigenvalue weighted by molar-refractivity contribution is 0.195. The van der Waals surface area contributed by atoms with E-state index in [-0.39, 0.29) is 0 Å². The smallest absolute Gasteiger partial charge is 0.0952 e. The van der Waals surface area contributed by atoms with Gasteiger partial charge in [0, 0.05) is 10.7 Å². The minimum Gasteiger partial charge on any atom is -0.397 e. The number of nitrogens with two attached hydrogens (primary N) is 1. The van der Waals surface area contributed by atoms with E-state index < -0.39 is 6.10 Å². The van der Waals surface area contributed by atoms with Crippen molar-refractivity contribution in [3.8, 4) is 0 Å². The van der Waals surface area contributed by atoms with Gasteiger partial charge in [-0.3, -0.25) is 4.98 Å². The molecule has 0 aliphatic rings. The molecule has 0 spiro atoms. The number of halogens is 1. The maximum atomic E-state index is 9.14. The van der Waals surface area contributed by atoms with Gasteiger partial charge < -0.3 is 10.8 Å². The number of aliphatic hydroxyl groups excluding tert-OH is 1. The summed E-state index contributed by atoms with van der Waals surface area (Å²) in [7, 11) is 0. The standard InChI is InChI=1S/C7H9BrN2O/c1-4(11)7-6(9)2-5(8)3-10-7/h2-4,11H,9H2,1H3. The first-order chi connectivity index (χ1) is 5.11. The zero-order valence-electron chi connectivity index (χ0n) is 6.08. The highest BCUT2D eigenvalue weighted by Gasteiger charge is 2.06. The molecule has 60 valence electrons. The molecule has 0 aliphatic carbocycles. The number of aromatic nitrogens is 1. The Morgan fingerprint density at radius 2 is 2.36 bits per heavy atom. The van der Waals surface area contributed by atoms with Crippen LogP contribution in [0.15, 0.2) is 16.7 Å². The maximum absolute atomic E-state index is 9.14. The van der Waals surface area contributed by atoms with Gasteiger partial charge in [0.25, 0.3) is 0 Å². The topological polar surface area (TPSA) is 59.1 Å². The number of anilines is 1. The molecule has 1 atom stereocenters. The summed E-state index contributed by atoms with van der Waals surface area (Å²) in [5.41, 5.74) is 6.60. The third-order valence-corrected chi connectivity index (χ3v) is 1.75. The van der Waals surface area contributed by atoms with Crippen molar-refractivity contribution in [3.63, 3.8) is 0 Å². The van der Waals surface area contributed by atoms with Crippen LogP contribution in [0.5, 0.6) is 0 Å². The molecular weight excluding hydrogens is 208 g/mol. The van der Waals surface area contributed by atoms with Crippen molar-refractivity contribution in [2.24, 2.45) is 0 Å². The summed E-state index contributed by atoms with van der Waals surface area (Å²) in [5.74, 6) is 0. The van der Waals surface area contributed by atoms with Crippen LogP contribution < -0.4 is 5.73 Å². The van der Waals surface area contributed by atoms with Crippen LogP contribution >= 0.6 is 15.9 Å². The van der Waals surface area contributed by atoms with E-state index in [1.54, 1.807) is 19.2 Å². The largest absolute Gasteiger partial charge is 0.397 e. The second-order valence-corrected chi connectivity index (χ2v) is 3.22. The fourth-order valence-corrected chi connectivity index (χ4v) is 1.16. The van der Waals surface area contributed by atoms with Gasteiger partial charge in [-0.2, -0.15) is 0 Å². The number of hydrogen-bond acceptors (Lipinski definition) is 3. The number of rotatable bonds is 1. The molecule has 1 aromatic heterocycles. The summed E-state index contributed by atoms with van der Waals surface area (Å²) < 4.78 is 0.819. The Balaban J connectivity index is 3.09. The molecule has 1 heterocycles. The van der Waals surface area contributed by atoms with E-state index >= 15 is 0 Å². The van der Waals surface area contributed by atoms with Crippen LogP contribution in [0.2, 0.25) is 0 Å². The summed E-state index contributed by atoms with van der Waals surface area (Å²) in [4.78, 5) is 3.96. The van der Waals surface area contributed by atoms with Gasteiger partial charge in [-0.15, -0.1) is 0 Å². The second kappa shape index (κ2) is 3.19. The molecule has 0 saturated heterocycles. The summed E-state index contributed by atoms with van der Waals surface area (Å²) in [6.07, 6.45) is 1.00. The van der Waals surface area contributed by atoms with Gasteiger partial charge in [-0.1, -0.05) is 0 Å². The molecule has 3 N–H and O–H groups in total. The molecule has 0 radical (unpaired) electrons. The summed E-state index contributed by atoms with van der Waals surface area (Å²) >= 11 is 3.22. The van der Waals surface area contributed by atoms with Crippen LogP contribution in [-0.4, -0.2) is 10.1 Å². The highest BCUT2D eigenvalue weighted by atomic mass is 79.9. The Bertz CT molecular complexity index is 263. The first-order valence-corrected chi connectivity index (χ1v) is 3.99. The van der Waals surface area contributed by atoms with E-state index in [1.165, 1.54) is 0 Å². The third-order valence-electron chi connectivity index (χ3n) is 1.31. The lowest BCUT2D eigenvalue weighted by atomic mass is 10.2. The van der Waals surface area contributed by atoms with Gasteiger partial charge in [0.2, 0.25) is 0 Å². The number of aliphatic hydroxyl groups is 1. The van der Waals surface area contributed by atoms with E-state index in [1.807, 2.05) is 0 Å². The molecule has 0 saturated carbocycles. The number of hydrogen-bond donors (Lipinski definition) is 2. The molecule has 1 unspecified atom stereocenters. The van der Waals surface area contributed by atoms with Crippen molar-refractivity contribution in [2.45, 2.75) is 13.0 Å². The highest BCUT2D eigenvalue weighted by molar-refractivity contribution is 9.10. The highest BCUT2D eigenvalue weighted by Crippen LogP contribution is 2.20. The SMILES string of the molecule is CC(O)c1ncc(Br)cc1N. The Hall–Kier alpha value is -0.610. The van der Waals surface area contributed by atoms with Crippen molar-refractivity contribution < 1.29 is 5.11 Å². The zero-order chi connectivity index (χ0) is 8.43. The van der Waals surface area contributed by atoms with E-state index in [9.17, 15) is 0 Å². The van der Waals surface area contributed by atoms with Crippen LogP contribution in [0.1, 0.15) is 18.7 Å². The number of nitrogens with zero attached hydrogens (tertiary/aromatic N) is 1. The van der Waals surface area contributed by atoms with Crippen LogP contribution in [0.25, 0.3) is 0 Å². The molecule has 0 amide bonds. The van der Waals surface area contributed by atoms with Crippen molar-refractivity contribution in [1.29, 1.82) is 0 Å². The van der Waals surface area contributed by atoms with Crippen molar-refractivity contribution in [1.82, 2.24) is 4.98 Å². The molecule has 0 bridgehead atoms. The molecule has 0 aliphatic heterocycles. The second-order valence-electron chi connectivity index (χ2n) is 2.30. The first-order valence-electron chi connectivity index (χ1n) is 3.20. The van der Waals surface area contributed by atoms with Gasteiger partial charge in [-0.05, 0) is 28.9 Å². The number of nitrogen functional groups attached to an aromatic ring is 1. The minimum atomic E-state index is -0.608. The van der Waals surface area contributed by atoms with Crippen LogP contribution in [0, 0.1) is 0 Å². The normalized spacial score (nSPS) is 13.0. The van der Waals surface area contributed by atoms with Crippen molar-refractivity contribution >= 4 is 21.6 Å². The van der Waals surface area contributed by atoms with Crippen molar-refractivity contribution in [2.75, 3.05) is 5.73 Å². The maximum Gasteiger partial charge on any atom is 0.0952 e. The lowest BCUT2D eigenvalue weighted by Crippen LogP contribution is -2.01. The van der Waals surface area contributed by atoms with Crippen LogP contribution in [-0.2, 0) is 0 Å². The minimum absolute atomic E-state index is 0.509. The summed E-state index contributed by atoms with van der Waals surface area (Å²) in [5, 5.41) is 9.14. The molecule has 11 heavy (non-hydrogen) atoms. The monoisotopic (exact) mass is 216 g/mol. The molecular formula is C7H9BrN2O. The zero-order valence-corrected chi connectivity index (χ0v) is 7.67. The van der Waals surface area contributed by atoms with E-state index in [2.05, 4.69) is 20.9 Å². The fraction of sp³-hybridized carbons (Fsp3) is 0.286. The van der Waals surface area contributed by atoms with Gasteiger partial charge in [0.15, 0.2) is 0 Å². The predicted octanol–water partition coefficient (Wildman–Crippen LogP) is 1.48. The Morgan fingerprint density at radius 3 is 2.82 bits per heavy atom. The van der Waals surface area contributed by atoms with E-state index in [0.717, 1.165) is 4.47 Å². The van der Waals surface area contributed by atoms with Gasteiger partial charge in [0.1, 0.15) is 0 Å². The van der Waals surface area contributed by atoms with E-state index in [4.69, 9.17) is 10.8 Å². The van der Waals surface area contributed by atoms with E-state index in [0.29, 0.717) is 11.4 Å². The molecule has 1 aromatic rings. The Morgan fingerprint density at radius 1 is 1.73 bits per heavy atom. The number of pyridine rings is 1. The molecule has 3 nitrogen and oxygen atoms in total. The molecule has 4 heteroatoms. The van der Waals surface area contributed by atoms with Crippen molar-refractivity contribution in [3.05, 3.63) is 22.4 Å². The van der Waals surface area contributed by atoms with Gasteiger partial charge >= 0.3 is 0 Å². The summed E-state index contributed by atoms with van der Waals surface area (Å²) in [6.45, 7) is 1.63. The lowest BCUT2D eigenvalue weighted by Gasteiger charge is -2.06. The molecule has 1 rings (SSSR count). The molecule has 0 fully saturated rings. The van der Waals surface area contributed by atoms with Crippen LogP contribution in [0.4, 0.5) is 5.69 Å². The fourth-order valence-electron chi connectivity index (χ4n) is 0.815. The average Bonchev–Trinajstić information content (AvgIpc) is 1.85. The molecule has 0 aromatic carbocycles. The van der Waals surface area contributed by atoms with Gasteiger partial charge in [-0.25, -0.2) is 0 Å². The average molecular weight is 217 g/mol. The Labute approximate surface area is 73.4 Å². The van der Waals surface area contributed by atoms with Gasteiger partial charge in [0.05, 0.1) is 17.5 Å². The predicted molar refractivity (Wildman–Crippen MR) is 47.0 cm³/mol. The first kappa shape index (κ1) is 8.49.